The molecule has 1 rings (SSSR count). The number of hydrogen-bond acceptors (Lipinski definition) is 4. The maximum absolute atomic E-state index is 12.5. The highest BCUT2D eigenvalue weighted by Gasteiger charge is 2.14. The summed E-state index contributed by atoms with van der Waals surface area (Å²) in [6, 6.07) is 4.70. The largest absolute Gasteiger partial charge is 0.493 e. The number of carbonyl (C=O) groups is 1. The Labute approximate surface area is 158 Å². The molecule has 3 N–H and O–H groups in total. The average Bonchev–Trinajstić information content (AvgIpc) is 2.55. The molecule has 0 unspecified atom stereocenters. The number of benzene rings is 1. The molecule has 0 aliphatic rings. The number of nitrogens with one attached hydrogen (secondary N) is 3. The van der Waals surface area contributed by atoms with E-state index in [0.29, 0.717) is 18.1 Å². The van der Waals surface area contributed by atoms with Crippen molar-refractivity contribution in [1.29, 1.82) is 0 Å². The van der Waals surface area contributed by atoms with Crippen molar-refractivity contribution in [1.82, 2.24) is 16.0 Å². The fourth-order valence-corrected chi connectivity index (χ4v) is 2.15. The van der Waals surface area contributed by atoms with E-state index in [1.165, 1.54) is 13.2 Å². The summed E-state index contributed by atoms with van der Waals surface area (Å²) in [5, 5.41) is 8.80. The Kier molecular flexibility index (Phi) is 8.77. The third-order valence-electron chi connectivity index (χ3n) is 3.14. The predicted molar refractivity (Wildman–Crippen MR) is 100 cm³/mol. The first-order valence-corrected chi connectivity index (χ1v) is 8.59. The van der Waals surface area contributed by atoms with Gasteiger partial charge in [-0.15, -0.1) is 0 Å². The van der Waals surface area contributed by atoms with Crippen LogP contribution in [0.25, 0.3) is 0 Å². The smallest absolute Gasteiger partial charge is 0.387 e. The van der Waals surface area contributed by atoms with Crippen LogP contribution in [0.5, 0.6) is 11.5 Å². The van der Waals surface area contributed by atoms with Gasteiger partial charge in [0.2, 0.25) is 5.91 Å². The van der Waals surface area contributed by atoms with Gasteiger partial charge in [0.05, 0.1) is 20.2 Å². The van der Waals surface area contributed by atoms with Crippen molar-refractivity contribution < 1.29 is 23.0 Å². The molecule has 7 nitrogen and oxygen atoms in total. The van der Waals surface area contributed by atoms with Crippen LogP contribution in [0.4, 0.5) is 8.78 Å². The number of halogens is 2. The molecule has 0 radical (unpaired) electrons. The molecule has 0 atom stereocenters. The zero-order chi connectivity index (χ0) is 20.4. The van der Waals surface area contributed by atoms with Gasteiger partial charge in [0.1, 0.15) is 0 Å². The van der Waals surface area contributed by atoms with E-state index < -0.39 is 6.61 Å². The molecular weight excluding hydrogens is 358 g/mol. The number of carbonyl (C=O) groups excluding carboxylic acids is 1. The van der Waals surface area contributed by atoms with Crippen LogP contribution in [-0.2, 0) is 11.3 Å². The van der Waals surface area contributed by atoms with E-state index in [1.807, 2.05) is 27.7 Å². The molecule has 1 aromatic carbocycles. The van der Waals surface area contributed by atoms with Gasteiger partial charge in [-0.1, -0.05) is 6.07 Å². The van der Waals surface area contributed by atoms with Crippen LogP contribution in [0, 0.1) is 0 Å². The van der Waals surface area contributed by atoms with Gasteiger partial charge in [0, 0.05) is 12.1 Å². The minimum absolute atomic E-state index is 0.0530. The molecule has 1 amide bonds. The lowest BCUT2D eigenvalue weighted by atomic mass is 10.1. The van der Waals surface area contributed by atoms with Crippen LogP contribution in [-0.4, -0.2) is 44.2 Å². The number of nitrogens with zero attached hydrogens (tertiary/aromatic N) is 1. The molecule has 152 valence electrons. The summed E-state index contributed by atoms with van der Waals surface area (Å²) in [4.78, 5) is 16.3. The molecule has 9 heteroatoms. The highest BCUT2D eigenvalue weighted by molar-refractivity contribution is 5.86. The molecule has 0 fully saturated rings. The summed E-state index contributed by atoms with van der Waals surface area (Å²) in [6.45, 7) is 5.51. The lowest BCUT2D eigenvalue weighted by Crippen LogP contribution is -2.48. The van der Waals surface area contributed by atoms with Gasteiger partial charge in [0.25, 0.3) is 0 Å². The number of alkyl halides is 2. The fraction of sp³-hybridized carbons (Fsp3) is 0.556. The zero-order valence-corrected chi connectivity index (χ0v) is 16.4. The normalized spacial score (nSPS) is 11.9. The number of aliphatic imine (C=N–C) groups is 1. The second kappa shape index (κ2) is 10.5. The first-order chi connectivity index (χ1) is 12.6. The molecule has 0 heterocycles. The maximum Gasteiger partial charge on any atom is 0.387 e. The SMILES string of the molecule is CCNC(=NCc1ccc(OC)c(OC(F)F)c1)NCC(=O)NC(C)(C)C. The van der Waals surface area contributed by atoms with Gasteiger partial charge in [-0.05, 0) is 45.4 Å². The third-order valence-corrected chi connectivity index (χ3v) is 3.14. The van der Waals surface area contributed by atoms with Crippen LogP contribution in [0.1, 0.15) is 33.3 Å². The van der Waals surface area contributed by atoms with E-state index in [2.05, 4.69) is 25.7 Å². The lowest BCUT2D eigenvalue weighted by molar-refractivity contribution is -0.121. The Morgan fingerprint density at radius 2 is 1.93 bits per heavy atom. The molecule has 0 aromatic heterocycles. The quantitative estimate of drug-likeness (QED) is 0.472. The van der Waals surface area contributed by atoms with Crippen LogP contribution in [0.2, 0.25) is 0 Å². The highest BCUT2D eigenvalue weighted by atomic mass is 19.3. The van der Waals surface area contributed by atoms with Gasteiger partial charge in [-0.2, -0.15) is 8.78 Å². The van der Waals surface area contributed by atoms with Gasteiger partial charge in [-0.3, -0.25) is 4.79 Å². The minimum Gasteiger partial charge on any atom is -0.493 e. The number of guanidine groups is 1. The Hall–Kier alpha value is -2.58. The second-order valence-corrected chi connectivity index (χ2v) is 6.71. The van der Waals surface area contributed by atoms with Crippen LogP contribution in [0.15, 0.2) is 23.2 Å². The summed E-state index contributed by atoms with van der Waals surface area (Å²) in [5.74, 6) is 0.438. The van der Waals surface area contributed by atoms with Gasteiger partial charge in [0.15, 0.2) is 17.5 Å². The Morgan fingerprint density at radius 3 is 2.48 bits per heavy atom. The monoisotopic (exact) mass is 386 g/mol. The molecule has 0 saturated heterocycles. The second-order valence-electron chi connectivity index (χ2n) is 6.71. The summed E-state index contributed by atoms with van der Waals surface area (Å²) >= 11 is 0. The third kappa shape index (κ3) is 9.07. The predicted octanol–water partition coefficient (Wildman–Crippen LogP) is 2.27. The van der Waals surface area contributed by atoms with Gasteiger partial charge >= 0.3 is 6.61 Å². The number of amides is 1. The Bertz CT molecular complexity index is 646. The van der Waals surface area contributed by atoms with E-state index in [0.717, 1.165) is 0 Å². The molecular formula is C18H28F2N4O3. The standard InChI is InChI=1S/C18H28F2N4O3/c1-6-21-17(23-11-15(25)24-18(2,3)4)22-10-12-7-8-13(26-5)14(9-12)27-16(19)20/h7-9,16H,6,10-11H2,1-5H3,(H,24,25)(H2,21,22,23). The van der Waals surface area contributed by atoms with Crippen LogP contribution < -0.4 is 25.4 Å². The fourth-order valence-electron chi connectivity index (χ4n) is 2.15. The Morgan fingerprint density at radius 1 is 1.22 bits per heavy atom. The topological polar surface area (TPSA) is 84.0 Å². The molecule has 0 aliphatic carbocycles. The van der Waals surface area contributed by atoms with E-state index >= 15 is 0 Å². The average molecular weight is 386 g/mol. The van der Waals surface area contributed by atoms with Crippen molar-refractivity contribution in [3.8, 4) is 11.5 Å². The van der Waals surface area contributed by atoms with Crippen molar-refractivity contribution >= 4 is 11.9 Å². The molecule has 27 heavy (non-hydrogen) atoms. The van der Waals surface area contributed by atoms with E-state index in [1.54, 1.807) is 12.1 Å². The first-order valence-electron chi connectivity index (χ1n) is 8.59. The van der Waals surface area contributed by atoms with Crippen LogP contribution in [0.3, 0.4) is 0 Å². The summed E-state index contributed by atoms with van der Waals surface area (Å²) < 4.78 is 34.5. The molecule has 0 spiro atoms. The lowest BCUT2D eigenvalue weighted by Gasteiger charge is -2.21. The van der Waals surface area contributed by atoms with Gasteiger partial charge < -0.3 is 25.4 Å². The molecule has 1 aromatic rings. The number of rotatable bonds is 8. The van der Waals surface area contributed by atoms with Crippen molar-refractivity contribution in [2.45, 2.75) is 46.4 Å². The Balaban J connectivity index is 2.78. The van der Waals surface area contributed by atoms with Crippen LogP contribution >= 0.6 is 0 Å². The maximum atomic E-state index is 12.5. The van der Waals surface area contributed by atoms with Crippen molar-refractivity contribution in [3.63, 3.8) is 0 Å². The van der Waals surface area contributed by atoms with Crippen molar-refractivity contribution in [2.24, 2.45) is 4.99 Å². The van der Waals surface area contributed by atoms with Crippen molar-refractivity contribution in [3.05, 3.63) is 23.8 Å². The molecule has 0 aliphatic heterocycles. The highest BCUT2D eigenvalue weighted by Crippen LogP contribution is 2.29. The summed E-state index contributed by atoms with van der Waals surface area (Å²) in [7, 11) is 1.38. The summed E-state index contributed by atoms with van der Waals surface area (Å²) in [5.41, 5.74) is 0.334. The first kappa shape index (κ1) is 22.5. The van der Waals surface area contributed by atoms with Crippen molar-refractivity contribution in [2.75, 3.05) is 20.2 Å². The van der Waals surface area contributed by atoms with E-state index in [9.17, 15) is 13.6 Å². The molecule has 0 saturated carbocycles. The summed E-state index contributed by atoms with van der Waals surface area (Å²) in [6.07, 6.45) is 0. The molecule has 0 bridgehead atoms. The van der Waals surface area contributed by atoms with Gasteiger partial charge in [-0.25, -0.2) is 4.99 Å². The minimum atomic E-state index is -2.95. The number of hydrogen-bond donors (Lipinski definition) is 3. The number of methoxy groups -OCH3 is 1. The number of ether oxygens (including phenoxy) is 2. The van der Waals surface area contributed by atoms with E-state index in [-0.39, 0.29) is 36.0 Å². The van der Waals surface area contributed by atoms with E-state index in [4.69, 9.17) is 4.74 Å². The zero-order valence-electron chi connectivity index (χ0n) is 16.4.